The van der Waals surface area contributed by atoms with E-state index < -0.39 is 0 Å². The third kappa shape index (κ3) is 4.93. The minimum absolute atomic E-state index is 0.0119. The molecule has 1 aromatic heterocycles. The van der Waals surface area contributed by atoms with Crippen LogP contribution in [0.4, 0.5) is 5.69 Å². The van der Waals surface area contributed by atoms with Gasteiger partial charge in [-0.25, -0.2) is 0 Å². The maximum Gasteiger partial charge on any atom is 0.261 e. The number of piperazine rings is 1. The zero-order valence-electron chi connectivity index (χ0n) is 16.7. The Morgan fingerprint density at radius 3 is 2.43 bits per heavy atom. The van der Waals surface area contributed by atoms with Gasteiger partial charge in [-0.05, 0) is 36.6 Å². The number of carbonyl (C=O) groups is 2. The van der Waals surface area contributed by atoms with E-state index >= 15 is 0 Å². The van der Waals surface area contributed by atoms with Crippen molar-refractivity contribution in [3.63, 3.8) is 0 Å². The highest BCUT2D eigenvalue weighted by atomic mass is 32.1. The molecule has 6 heteroatoms. The molecule has 1 aliphatic heterocycles. The van der Waals surface area contributed by atoms with Gasteiger partial charge in [0.05, 0.1) is 11.4 Å². The van der Waals surface area contributed by atoms with Gasteiger partial charge in [-0.1, -0.05) is 38.5 Å². The van der Waals surface area contributed by atoms with Crippen molar-refractivity contribution < 1.29 is 9.59 Å². The standard InChI is InChI=1S/C22H29N3O2S/c1-3-8-19-17(4-2)15-20(28-19)22(27)23-16-21(26)25-13-11-24(12-14-25)18-9-6-5-7-10-18/h5-7,9-10,15H,3-4,8,11-14,16H2,1-2H3,(H,23,27). The molecule has 0 bridgehead atoms. The Labute approximate surface area is 171 Å². The third-order valence-corrected chi connectivity index (χ3v) is 6.37. The maximum absolute atomic E-state index is 12.5. The average Bonchev–Trinajstić information content (AvgIpc) is 3.16. The molecule has 1 aliphatic rings. The van der Waals surface area contributed by atoms with Gasteiger partial charge in [-0.2, -0.15) is 0 Å². The lowest BCUT2D eigenvalue weighted by atomic mass is 10.1. The van der Waals surface area contributed by atoms with Crippen LogP contribution >= 0.6 is 11.3 Å². The first-order valence-electron chi connectivity index (χ1n) is 10.1. The second-order valence-electron chi connectivity index (χ2n) is 7.05. The fourth-order valence-electron chi connectivity index (χ4n) is 3.52. The minimum atomic E-state index is -0.140. The molecule has 1 N–H and O–H groups in total. The van der Waals surface area contributed by atoms with Gasteiger partial charge in [0, 0.05) is 36.7 Å². The summed E-state index contributed by atoms with van der Waals surface area (Å²) >= 11 is 1.56. The van der Waals surface area contributed by atoms with Crippen molar-refractivity contribution in [3.05, 3.63) is 51.7 Å². The SMILES string of the molecule is CCCc1sc(C(=O)NCC(=O)N2CCN(c3ccccc3)CC2)cc1CC. The summed E-state index contributed by atoms with van der Waals surface area (Å²) in [5, 5.41) is 2.81. The van der Waals surface area contributed by atoms with Crippen LogP contribution in [0.3, 0.4) is 0 Å². The highest BCUT2D eigenvalue weighted by molar-refractivity contribution is 7.14. The van der Waals surface area contributed by atoms with Crippen LogP contribution in [0.5, 0.6) is 0 Å². The van der Waals surface area contributed by atoms with Crippen molar-refractivity contribution in [1.29, 1.82) is 0 Å². The van der Waals surface area contributed by atoms with Crippen LogP contribution in [0.2, 0.25) is 0 Å². The molecule has 3 rings (SSSR count). The largest absolute Gasteiger partial charge is 0.368 e. The zero-order chi connectivity index (χ0) is 19.9. The third-order valence-electron chi connectivity index (χ3n) is 5.13. The molecule has 0 spiro atoms. The highest BCUT2D eigenvalue weighted by Gasteiger charge is 2.22. The van der Waals surface area contributed by atoms with Gasteiger partial charge in [-0.3, -0.25) is 9.59 Å². The Morgan fingerprint density at radius 1 is 1.07 bits per heavy atom. The van der Waals surface area contributed by atoms with Crippen molar-refractivity contribution in [2.45, 2.75) is 33.1 Å². The van der Waals surface area contributed by atoms with E-state index in [-0.39, 0.29) is 18.4 Å². The van der Waals surface area contributed by atoms with E-state index in [1.165, 1.54) is 16.1 Å². The second-order valence-corrected chi connectivity index (χ2v) is 8.19. The predicted octanol–water partition coefficient (Wildman–Crippen LogP) is 3.34. The lowest BCUT2D eigenvalue weighted by Crippen LogP contribution is -2.51. The topological polar surface area (TPSA) is 52.7 Å². The fourth-order valence-corrected chi connectivity index (χ4v) is 4.80. The molecule has 1 aromatic carbocycles. The first-order valence-corrected chi connectivity index (χ1v) is 10.9. The van der Waals surface area contributed by atoms with Crippen molar-refractivity contribution >= 4 is 28.8 Å². The second kappa shape index (κ2) is 9.73. The lowest BCUT2D eigenvalue weighted by molar-refractivity contribution is -0.130. The van der Waals surface area contributed by atoms with E-state index in [2.05, 4.69) is 36.2 Å². The number of rotatable bonds is 7. The lowest BCUT2D eigenvalue weighted by Gasteiger charge is -2.36. The maximum atomic E-state index is 12.5. The summed E-state index contributed by atoms with van der Waals surface area (Å²) in [6, 6.07) is 12.2. The first-order chi connectivity index (χ1) is 13.6. The number of anilines is 1. The number of para-hydroxylation sites is 1. The molecule has 2 amide bonds. The molecule has 0 atom stereocenters. The Hall–Kier alpha value is -2.34. The van der Waals surface area contributed by atoms with E-state index in [4.69, 9.17) is 0 Å². The van der Waals surface area contributed by atoms with E-state index in [1.807, 2.05) is 29.2 Å². The van der Waals surface area contributed by atoms with E-state index in [9.17, 15) is 9.59 Å². The fraction of sp³-hybridized carbons (Fsp3) is 0.455. The molecule has 2 aromatic rings. The molecule has 1 fully saturated rings. The van der Waals surface area contributed by atoms with Crippen LogP contribution < -0.4 is 10.2 Å². The number of thiophene rings is 1. The number of benzene rings is 1. The molecule has 0 unspecified atom stereocenters. The van der Waals surface area contributed by atoms with Crippen molar-refractivity contribution in [2.24, 2.45) is 0 Å². The van der Waals surface area contributed by atoms with E-state index in [0.717, 1.165) is 32.4 Å². The highest BCUT2D eigenvalue weighted by Crippen LogP contribution is 2.24. The number of hydrogen-bond acceptors (Lipinski definition) is 4. The molecule has 0 aliphatic carbocycles. The number of nitrogens with one attached hydrogen (secondary N) is 1. The predicted molar refractivity (Wildman–Crippen MR) is 115 cm³/mol. The van der Waals surface area contributed by atoms with Crippen molar-refractivity contribution in [3.8, 4) is 0 Å². The molecule has 150 valence electrons. The van der Waals surface area contributed by atoms with Gasteiger partial charge in [0.15, 0.2) is 0 Å². The monoisotopic (exact) mass is 399 g/mol. The molecule has 1 saturated heterocycles. The average molecular weight is 400 g/mol. The number of hydrogen-bond donors (Lipinski definition) is 1. The van der Waals surface area contributed by atoms with Crippen LogP contribution in [-0.2, 0) is 17.6 Å². The molecule has 0 saturated carbocycles. The summed E-state index contributed by atoms with van der Waals surface area (Å²) in [5.74, 6) is -0.152. The molecular weight excluding hydrogens is 370 g/mol. The Bertz CT molecular complexity index is 795. The van der Waals surface area contributed by atoms with E-state index in [0.29, 0.717) is 18.0 Å². The summed E-state index contributed by atoms with van der Waals surface area (Å²) in [6.45, 7) is 7.32. The number of aryl methyl sites for hydroxylation is 2. The van der Waals surface area contributed by atoms with Gasteiger partial charge in [0.2, 0.25) is 5.91 Å². The molecular formula is C22H29N3O2S. The smallest absolute Gasteiger partial charge is 0.261 e. The van der Waals surface area contributed by atoms with Crippen LogP contribution in [-0.4, -0.2) is 49.4 Å². The molecule has 2 heterocycles. The molecule has 5 nitrogen and oxygen atoms in total. The summed E-state index contributed by atoms with van der Waals surface area (Å²) in [4.78, 5) is 31.1. The Balaban J connectivity index is 1.48. The quantitative estimate of drug-likeness (QED) is 0.777. The van der Waals surface area contributed by atoms with Gasteiger partial charge >= 0.3 is 0 Å². The summed E-state index contributed by atoms with van der Waals surface area (Å²) < 4.78 is 0. The Morgan fingerprint density at radius 2 is 1.79 bits per heavy atom. The van der Waals surface area contributed by atoms with Gasteiger partial charge < -0.3 is 15.1 Å². The normalized spacial score (nSPS) is 14.2. The first kappa shape index (κ1) is 20.4. The summed E-state index contributed by atoms with van der Waals surface area (Å²) in [5.41, 5.74) is 2.44. The van der Waals surface area contributed by atoms with Crippen molar-refractivity contribution in [2.75, 3.05) is 37.6 Å². The van der Waals surface area contributed by atoms with Crippen LogP contribution in [0.15, 0.2) is 36.4 Å². The zero-order valence-corrected chi connectivity index (χ0v) is 17.6. The van der Waals surface area contributed by atoms with Gasteiger partial charge in [-0.15, -0.1) is 11.3 Å². The summed E-state index contributed by atoms with van der Waals surface area (Å²) in [6.07, 6.45) is 3.01. The van der Waals surface area contributed by atoms with Gasteiger partial charge in [0.25, 0.3) is 5.91 Å². The van der Waals surface area contributed by atoms with Crippen LogP contribution in [0, 0.1) is 0 Å². The summed E-state index contributed by atoms with van der Waals surface area (Å²) in [7, 11) is 0. The number of nitrogens with zero attached hydrogens (tertiary/aromatic N) is 2. The number of carbonyl (C=O) groups excluding carboxylic acids is 2. The Kier molecular flexibility index (Phi) is 7.09. The van der Waals surface area contributed by atoms with Crippen LogP contribution in [0.1, 0.15) is 40.4 Å². The minimum Gasteiger partial charge on any atom is -0.368 e. The van der Waals surface area contributed by atoms with Gasteiger partial charge in [0.1, 0.15) is 0 Å². The van der Waals surface area contributed by atoms with Crippen molar-refractivity contribution in [1.82, 2.24) is 10.2 Å². The number of amides is 2. The molecule has 28 heavy (non-hydrogen) atoms. The van der Waals surface area contributed by atoms with E-state index in [1.54, 1.807) is 11.3 Å². The molecule has 0 radical (unpaired) electrons. The van der Waals surface area contributed by atoms with Crippen LogP contribution in [0.25, 0.3) is 0 Å².